The molecule has 2 amide bonds. The SMILES string of the molecule is O=C(NCCO)C1CCCN1C(=O)C12CC3OC(=O)C1N(Cc1cccc(I)c1)OC2C1OCOC31. The molecule has 12 heteroatoms. The molecule has 11 nitrogen and oxygen atoms in total. The molecule has 6 rings (SSSR count). The van der Waals surface area contributed by atoms with Crippen LogP contribution in [-0.2, 0) is 40.0 Å². The lowest BCUT2D eigenvalue weighted by Gasteiger charge is -2.50. The van der Waals surface area contributed by atoms with Crippen LogP contribution in [0.15, 0.2) is 24.3 Å². The number of hydrogen-bond donors (Lipinski definition) is 2. The standard InChI is InChI=1S/C24H28IN3O8/c25-14-4-1-3-13(9-14)11-28-19-22(31)35-16-10-24(19,20(36-28)18-17(16)33-12-34-18)23(32)27-7-2-5-15(27)21(30)26-6-8-29/h1,3-4,9,15-20,29H,2,5-8,10-12H2,(H,26,30). The molecular formula is C24H28IN3O8. The molecule has 4 heterocycles. The van der Waals surface area contributed by atoms with E-state index in [1.54, 1.807) is 9.96 Å². The average Bonchev–Trinajstić information content (AvgIpc) is 3.60. The molecule has 0 aromatic heterocycles. The summed E-state index contributed by atoms with van der Waals surface area (Å²) in [4.78, 5) is 48.8. The number of fused-ring (bicyclic) bond motifs is 4. The third-order valence-corrected chi connectivity index (χ3v) is 8.60. The van der Waals surface area contributed by atoms with E-state index in [-0.39, 0.29) is 44.7 Å². The summed E-state index contributed by atoms with van der Waals surface area (Å²) >= 11 is 2.23. The van der Waals surface area contributed by atoms with Crippen molar-refractivity contribution in [1.82, 2.24) is 15.3 Å². The van der Waals surface area contributed by atoms with E-state index in [1.807, 2.05) is 24.3 Å². The molecular weight excluding hydrogens is 585 g/mol. The Balaban J connectivity index is 1.37. The van der Waals surface area contributed by atoms with Crippen LogP contribution in [0.5, 0.6) is 0 Å². The van der Waals surface area contributed by atoms with Crippen molar-refractivity contribution in [2.24, 2.45) is 5.41 Å². The van der Waals surface area contributed by atoms with E-state index >= 15 is 0 Å². The van der Waals surface area contributed by atoms with Crippen molar-refractivity contribution in [2.45, 2.75) is 62.3 Å². The number of hydroxylamine groups is 2. The van der Waals surface area contributed by atoms with Crippen LogP contribution in [0.4, 0.5) is 0 Å². The Bertz CT molecular complexity index is 1070. The number of aliphatic hydroxyl groups excluding tert-OH is 1. The molecule has 2 N–H and O–H groups in total. The Hall–Kier alpha value is -1.84. The number of likely N-dealkylation sites (tertiary alicyclic amines) is 1. The molecule has 1 aliphatic carbocycles. The topological polar surface area (TPSA) is 127 Å². The normalized spacial score (nSPS) is 37.1. The van der Waals surface area contributed by atoms with Crippen LogP contribution in [0.2, 0.25) is 0 Å². The number of ether oxygens (including phenoxy) is 3. The van der Waals surface area contributed by atoms with Crippen LogP contribution in [-0.4, -0.2) is 95.8 Å². The first kappa shape index (κ1) is 24.5. The number of benzene rings is 1. The molecule has 4 saturated heterocycles. The van der Waals surface area contributed by atoms with E-state index in [4.69, 9.17) is 24.2 Å². The number of nitrogens with zero attached hydrogens (tertiary/aromatic N) is 2. The molecule has 4 aliphatic heterocycles. The summed E-state index contributed by atoms with van der Waals surface area (Å²) in [5.41, 5.74) is -0.336. The molecule has 1 saturated carbocycles. The summed E-state index contributed by atoms with van der Waals surface area (Å²) in [6.07, 6.45) is -1.05. The molecule has 36 heavy (non-hydrogen) atoms. The van der Waals surface area contributed by atoms with Gasteiger partial charge in [0.1, 0.15) is 42.7 Å². The van der Waals surface area contributed by atoms with Crippen molar-refractivity contribution < 1.29 is 38.5 Å². The van der Waals surface area contributed by atoms with Gasteiger partial charge in [0.05, 0.1) is 13.2 Å². The van der Waals surface area contributed by atoms with E-state index < -0.39 is 47.9 Å². The Morgan fingerprint density at radius 1 is 1.25 bits per heavy atom. The first-order valence-electron chi connectivity index (χ1n) is 12.3. The predicted octanol–water partition coefficient (Wildman–Crippen LogP) is -0.0679. The van der Waals surface area contributed by atoms with Crippen molar-refractivity contribution in [3.8, 4) is 0 Å². The van der Waals surface area contributed by atoms with Crippen molar-refractivity contribution in [3.63, 3.8) is 0 Å². The lowest BCUT2D eigenvalue weighted by Crippen LogP contribution is -2.70. The van der Waals surface area contributed by atoms with Gasteiger partial charge in [0.2, 0.25) is 11.8 Å². The highest BCUT2D eigenvalue weighted by atomic mass is 127. The van der Waals surface area contributed by atoms with Crippen LogP contribution < -0.4 is 5.32 Å². The summed E-state index contributed by atoms with van der Waals surface area (Å²) in [6, 6.07) is 6.20. The number of aliphatic hydroxyl groups is 1. The molecule has 0 spiro atoms. The number of rotatable bonds is 6. The van der Waals surface area contributed by atoms with Gasteiger partial charge in [-0.2, -0.15) is 5.06 Å². The molecule has 7 atom stereocenters. The van der Waals surface area contributed by atoms with Gasteiger partial charge in [-0.05, 0) is 53.1 Å². The van der Waals surface area contributed by atoms with Gasteiger partial charge in [-0.3, -0.25) is 19.2 Å². The summed E-state index contributed by atoms with van der Waals surface area (Å²) < 4.78 is 18.5. The Morgan fingerprint density at radius 2 is 2.08 bits per heavy atom. The summed E-state index contributed by atoms with van der Waals surface area (Å²) in [7, 11) is 0. The summed E-state index contributed by atoms with van der Waals surface area (Å²) in [5, 5.41) is 13.4. The van der Waals surface area contributed by atoms with E-state index in [0.29, 0.717) is 19.4 Å². The fourth-order valence-electron chi connectivity index (χ4n) is 6.47. The molecule has 194 valence electrons. The number of amides is 2. The Morgan fingerprint density at radius 3 is 2.89 bits per heavy atom. The number of halogens is 1. The largest absolute Gasteiger partial charge is 0.458 e. The minimum atomic E-state index is -1.27. The second kappa shape index (κ2) is 9.48. The zero-order chi connectivity index (χ0) is 25.0. The van der Waals surface area contributed by atoms with Crippen molar-refractivity contribution in [3.05, 3.63) is 33.4 Å². The molecule has 1 aromatic rings. The van der Waals surface area contributed by atoms with E-state index in [1.165, 1.54) is 0 Å². The molecule has 7 unspecified atom stereocenters. The van der Waals surface area contributed by atoms with Crippen LogP contribution in [0.25, 0.3) is 0 Å². The van der Waals surface area contributed by atoms with Crippen LogP contribution in [0, 0.1) is 8.99 Å². The van der Waals surface area contributed by atoms with Gasteiger partial charge in [-0.25, -0.2) is 0 Å². The summed E-state index contributed by atoms with van der Waals surface area (Å²) in [6.45, 7) is 0.648. The van der Waals surface area contributed by atoms with Crippen LogP contribution >= 0.6 is 22.6 Å². The third kappa shape index (κ3) is 3.76. The van der Waals surface area contributed by atoms with Gasteiger partial charge >= 0.3 is 5.97 Å². The Kier molecular flexibility index (Phi) is 6.45. The fourth-order valence-corrected chi connectivity index (χ4v) is 7.08. The highest BCUT2D eigenvalue weighted by molar-refractivity contribution is 14.1. The second-order valence-electron chi connectivity index (χ2n) is 9.91. The molecule has 5 aliphatic rings. The third-order valence-electron chi connectivity index (χ3n) is 7.92. The van der Waals surface area contributed by atoms with Gasteiger partial charge in [0.25, 0.3) is 0 Å². The smallest absolute Gasteiger partial charge is 0.327 e. The highest BCUT2D eigenvalue weighted by Gasteiger charge is 2.75. The number of nitrogens with one attached hydrogen (secondary N) is 1. The fraction of sp³-hybridized carbons (Fsp3) is 0.625. The first-order chi connectivity index (χ1) is 17.4. The maximum Gasteiger partial charge on any atom is 0.327 e. The number of esters is 1. The minimum Gasteiger partial charge on any atom is -0.458 e. The maximum absolute atomic E-state index is 14.5. The van der Waals surface area contributed by atoms with Crippen molar-refractivity contribution >= 4 is 40.4 Å². The van der Waals surface area contributed by atoms with Gasteiger partial charge in [-0.1, -0.05) is 12.1 Å². The second-order valence-corrected chi connectivity index (χ2v) is 11.2. The zero-order valence-corrected chi connectivity index (χ0v) is 21.7. The maximum atomic E-state index is 14.5. The minimum absolute atomic E-state index is 0.0327. The average molecular weight is 613 g/mol. The molecule has 2 bridgehead atoms. The van der Waals surface area contributed by atoms with Crippen LogP contribution in [0.1, 0.15) is 24.8 Å². The lowest BCUT2D eigenvalue weighted by molar-refractivity contribution is -0.204. The number of hydrogen-bond acceptors (Lipinski definition) is 9. The molecule has 5 fully saturated rings. The number of carbonyl (C=O) groups excluding carboxylic acids is 3. The highest BCUT2D eigenvalue weighted by Crippen LogP contribution is 2.56. The first-order valence-corrected chi connectivity index (χ1v) is 13.3. The van der Waals surface area contributed by atoms with Gasteiger partial charge < -0.3 is 29.5 Å². The predicted molar refractivity (Wildman–Crippen MR) is 130 cm³/mol. The van der Waals surface area contributed by atoms with E-state index in [9.17, 15) is 14.4 Å². The van der Waals surface area contributed by atoms with Crippen molar-refractivity contribution in [1.29, 1.82) is 0 Å². The van der Waals surface area contributed by atoms with E-state index in [0.717, 1.165) is 9.13 Å². The van der Waals surface area contributed by atoms with Gasteiger partial charge in [0, 0.05) is 23.1 Å². The van der Waals surface area contributed by atoms with E-state index in [2.05, 4.69) is 27.9 Å². The Labute approximate surface area is 221 Å². The molecule has 0 radical (unpaired) electrons. The monoisotopic (exact) mass is 613 g/mol. The quantitative estimate of drug-likeness (QED) is 0.335. The summed E-state index contributed by atoms with van der Waals surface area (Å²) in [5.74, 6) is -1.12. The molecule has 1 aromatic carbocycles. The van der Waals surface area contributed by atoms with Crippen molar-refractivity contribution in [2.75, 3.05) is 26.5 Å². The van der Waals surface area contributed by atoms with Gasteiger partial charge in [-0.15, -0.1) is 0 Å². The lowest BCUT2D eigenvalue weighted by atomic mass is 9.62. The zero-order valence-electron chi connectivity index (χ0n) is 19.5. The number of carbonyl (C=O) groups is 3. The van der Waals surface area contributed by atoms with Crippen LogP contribution in [0.3, 0.4) is 0 Å². The van der Waals surface area contributed by atoms with Gasteiger partial charge in [0.15, 0.2) is 6.04 Å².